The third-order valence-electron chi connectivity index (χ3n) is 3.08. The summed E-state index contributed by atoms with van der Waals surface area (Å²) in [5.41, 5.74) is 0.782. The van der Waals surface area contributed by atoms with Crippen molar-refractivity contribution in [3.8, 4) is 11.8 Å². The summed E-state index contributed by atoms with van der Waals surface area (Å²) < 4.78 is 10.0. The molecule has 0 bridgehead atoms. The Morgan fingerprint density at radius 3 is 2.69 bits per heavy atom. The van der Waals surface area contributed by atoms with Gasteiger partial charge in [-0.05, 0) is 25.1 Å². The van der Waals surface area contributed by atoms with Gasteiger partial charge in [0, 0.05) is 0 Å². The molecule has 0 aliphatic carbocycles. The van der Waals surface area contributed by atoms with Gasteiger partial charge in [0.1, 0.15) is 11.8 Å². The predicted molar refractivity (Wildman–Crippen MR) is 95.2 cm³/mol. The fourth-order valence-corrected chi connectivity index (χ4v) is 2.23. The molecule has 0 saturated heterocycles. The number of halogens is 2. The van der Waals surface area contributed by atoms with Gasteiger partial charge >= 0.3 is 5.97 Å². The Morgan fingerprint density at radius 1 is 1.23 bits per heavy atom. The average molecular weight is 394 g/mol. The van der Waals surface area contributed by atoms with Crippen molar-refractivity contribution in [2.75, 3.05) is 18.5 Å². The second kappa shape index (κ2) is 9.04. The molecule has 1 N–H and O–H groups in total. The van der Waals surface area contributed by atoms with Crippen molar-refractivity contribution in [2.45, 2.75) is 6.92 Å². The number of benzene rings is 1. The van der Waals surface area contributed by atoms with Crippen LogP contribution in [-0.4, -0.2) is 30.1 Å². The first-order valence-electron chi connectivity index (χ1n) is 7.30. The van der Waals surface area contributed by atoms with Crippen LogP contribution >= 0.6 is 23.2 Å². The zero-order valence-electron chi connectivity index (χ0n) is 13.6. The zero-order valence-corrected chi connectivity index (χ0v) is 15.1. The molecule has 0 fully saturated rings. The van der Waals surface area contributed by atoms with Gasteiger partial charge in [-0.1, -0.05) is 35.3 Å². The van der Waals surface area contributed by atoms with E-state index in [2.05, 4.69) is 10.3 Å². The molecular weight excluding hydrogens is 381 g/mol. The van der Waals surface area contributed by atoms with E-state index in [9.17, 15) is 9.59 Å². The molecule has 0 radical (unpaired) electrons. The lowest BCUT2D eigenvalue weighted by Gasteiger charge is -2.10. The van der Waals surface area contributed by atoms with E-state index < -0.39 is 25.1 Å². The number of carbonyl (C=O) groups excluding carboxylic acids is 2. The number of nitriles is 1. The highest BCUT2D eigenvalue weighted by Gasteiger charge is 2.13. The molecule has 0 atom stereocenters. The largest absolute Gasteiger partial charge is 0.481 e. The molecule has 1 aromatic carbocycles. The Kier molecular flexibility index (Phi) is 6.78. The standard InChI is InChI=1S/C17H13Cl2N3O4/c1-10-12(18)6-13(19)17(21-10)22-15(23)8-26-16(24)9-25-14-5-3-2-4-11(14)7-20/h2-6H,8-9H2,1H3,(H,21,22,23). The smallest absolute Gasteiger partial charge is 0.344 e. The van der Waals surface area contributed by atoms with E-state index in [1.807, 2.05) is 6.07 Å². The van der Waals surface area contributed by atoms with Gasteiger partial charge in [-0.15, -0.1) is 0 Å². The number of carbonyl (C=O) groups is 2. The Labute approximate surface area is 159 Å². The monoisotopic (exact) mass is 393 g/mol. The highest BCUT2D eigenvalue weighted by atomic mass is 35.5. The van der Waals surface area contributed by atoms with Crippen LogP contribution in [0.2, 0.25) is 10.0 Å². The van der Waals surface area contributed by atoms with Crippen molar-refractivity contribution in [1.82, 2.24) is 4.98 Å². The summed E-state index contributed by atoms with van der Waals surface area (Å²) in [4.78, 5) is 27.5. The Balaban J connectivity index is 1.83. The van der Waals surface area contributed by atoms with Crippen LogP contribution in [0, 0.1) is 18.3 Å². The third-order valence-corrected chi connectivity index (χ3v) is 3.75. The molecule has 0 unspecified atom stereocenters. The predicted octanol–water partition coefficient (Wildman–Crippen LogP) is 3.13. The van der Waals surface area contributed by atoms with Crippen LogP contribution in [0.4, 0.5) is 5.82 Å². The number of aromatic nitrogens is 1. The number of aryl methyl sites for hydroxylation is 1. The summed E-state index contributed by atoms with van der Waals surface area (Å²) in [6, 6.07) is 9.84. The van der Waals surface area contributed by atoms with Crippen LogP contribution in [0.1, 0.15) is 11.3 Å². The van der Waals surface area contributed by atoms with Gasteiger partial charge in [-0.3, -0.25) is 4.79 Å². The summed E-state index contributed by atoms with van der Waals surface area (Å²) in [6.45, 7) is 0.678. The fourth-order valence-electron chi connectivity index (χ4n) is 1.82. The average Bonchev–Trinajstić information content (AvgIpc) is 2.63. The molecule has 1 amide bonds. The summed E-state index contributed by atoms with van der Waals surface area (Å²) in [6.07, 6.45) is 0. The second-order valence-electron chi connectivity index (χ2n) is 4.99. The molecule has 2 aromatic rings. The molecule has 0 saturated carbocycles. The first-order valence-corrected chi connectivity index (χ1v) is 8.06. The number of hydrogen-bond donors (Lipinski definition) is 1. The van der Waals surface area contributed by atoms with E-state index in [-0.39, 0.29) is 22.2 Å². The van der Waals surface area contributed by atoms with Gasteiger partial charge in [-0.2, -0.15) is 5.26 Å². The Bertz CT molecular complexity index is 881. The van der Waals surface area contributed by atoms with Crippen LogP contribution in [0.15, 0.2) is 30.3 Å². The SMILES string of the molecule is Cc1nc(NC(=O)COC(=O)COc2ccccc2C#N)c(Cl)cc1Cl. The van der Waals surface area contributed by atoms with Crippen LogP contribution in [0.5, 0.6) is 5.75 Å². The second-order valence-corrected chi connectivity index (χ2v) is 5.81. The maximum atomic E-state index is 11.8. The lowest BCUT2D eigenvalue weighted by molar-refractivity contribution is -0.149. The highest BCUT2D eigenvalue weighted by Crippen LogP contribution is 2.25. The molecule has 0 aliphatic rings. The maximum Gasteiger partial charge on any atom is 0.344 e. The van der Waals surface area contributed by atoms with Gasteiger partial charge in [0.25, 0.3) is 5.91 Å². The maximum absolute atomic E-state index is 11.8. The van der Waals surface area contributed by atoms with E-state index in [1.54, 1.807) is 31.2 Å². The van der Waals surface area contributed by atoms with Crippen molar-refractivity contribution in [3.05, 3.63) is 51.6 Å². The number of ether oxygens (including phenoxy) is 2. The number of nitrogens with zero attached hydrogens (tertiary/aromatic N) is 2. The zero-order chi connectivity index (χ0) is 19.1. The number of hydrogen-bond acceptors (Lipinski definition) is 6. The first kappa shape index (κ1) is 19.5. The van der Waals surface area contributed by atoms with Gasteiger partial charge in [0.2, 0.25) is 0 Å². The first-order chi connectivity index (χ1) is 12.4. The molecule has 1 aromatic heterocycles. The number of amides is 1. The number of pyridine rings is 1. The number of nitrogens with one attached hydrogen (secondary N) is 1. The lowest BCUT2D eigenvalue weighted by atomic mass is 10.2. The van der Waals surface area contributed by atoms with Gasteiger partial charge in [0.15, 0.2) is 19.0 Å². The van der Waals surface area contributed by atoms with E-state index in [0.717, 1.165) is 0 Å². The number of rotatable bonds is 6. The summed E-state index contributed by atoms with van der Waals surface area (Å²) in [5.74, 6) is -1.01. The molecule has 0 spiro atoms. The molecule has 26 heavy (non-hydrogen) atoms. The van der Waals surface area contributed by atoms with E-state index in [0.29, 0.717) is 10.7 Å². The van der Waals surface area contributed by atoms with Crippen molar-refractivity contribution in [1.29, 1.82) is 5.26 Å². The lowest BCUT2D eigenvalue weighted by Crippen LogP contribution is -2.24. The number of anilines is 1. The van der Waals surface area contributed by atoms with Crippen LogP contribution < -0.4 is 10.1 Å². The molecule has 7 nitrogen and oxygen atoms in total. The number of esters is 1. The van der Waals surface area contributed by atoms with Crippen molar-refractivity contribution < 1.29 is 19.1 Å². The normalized spacial score (nSPS) is 9.92. The Morgan fingerprint density at radius 2 is 1.96 bits per heavy atom. The van der Waals surface area contributed by atoms with Crippen LogP contribution in [0.25, 0.3) is 0 Å². The molecule has 0 aliphatic heterocycles. The number of para-hydroxylation sites is 1. The molecular formula is C17H13Cl2N3O4. The van der Waals surface area contributed by atoms with Crippen LogP contribution in [-0.2, 0) is 14.3 Å². The quantitative estimate of drug-likeness (QED) is 0.756. The van der Waals surface area contributed by atoms with Crippen molar-refractivity contribution in [3.63, 3.8) is 0 Å². The summed E-state index contributed by atoms with van der Waals surface area (Å²) in [5, 5.41) is 11.9. The molecule has 9 heteroatoms. The van der Waals surface area contributed by atoms with Crippen LogP contribution in [0.3, 0.4) is 0 Å². The van der Waals surface area contributed by atoms with E-state index in [1.165, 1.54) is 6.07 Å². The summed E-state index contributed by atoms with van der Waals surface area (Å²) >= 11 is 11.8. The third kappa shape index (κ3) is 5.34. The molecule has 134 valence electrons. The van der Waals surface area contributed by atoms with Gasteiger partial charge < -0.3 is 14.8 Å². The minimum Gasteiger partial charge on any atom is -0.481 e. The Hall–Kier alpha value is -2.82. The minimum absolute atomic E-state index is 0.119. The van der Waals surface area contributed by atoms with Crippen molar-refractivity contribution in [2.24, 2.45) is 0 Å². The highest BCUT2D eigenvalue weighted by molar-refractivity contribution is 6.36. The van der Waals surface area contributed by atoms with Gasteiger partial charge in [0.05, 0.1) is 21.3 Å². The van der Waals surface area contributed by atoms with Crippen molar-refractivity contribution >= 4 is 40.9 Å². The fraction of sp³-hybridized carbons (Fsp3) is 0.176. The minimum atomic E-state index is -0.765. The molecule has 2 rings (SSSR count). The summed E-state index contributed by atoms with van der Waals surface area (Å²) in [7, 11) is 0. The van der Waals surface area contributed by atoms with E-state index >= 15 is 0 Å². The molecule has 1 heterocycles. The van der Waals surface area contributed by atoms with Gasteiger partial charge in [-0.25, -0.2) is 9.78 Å². The van der Waals surface area contributed by atoms with E-state index in [4.69, 9.17) is 37.9 Å². The topological polar surface area (TPSA) is 101 Å².